The van der Waals surface area contributed by atoms with Crippen LogP contribution in [0.3, 0.4) is 0 Å². The van der Waals surface area contributed by atoms with E-state index < -0.39 is 10.2 Å². The summed E-state index contributed by atoms with van der Waals surface area (Å²) in [5.74, 6) is 0.765. The van der Waals surface area contributed by atoms with Gasteiger partial charge in [-0.3, -0.25) is 4.90 Å². The molecule has 1 aromatic heterocycles. The fraction of sp³-hybridized carbons (Fsp3) is 0.471. The van der Waals surface area contributed by atoms with Crippen molar-refractivity contribution in [3.63, 3.8) is 0 Å². The molecule has 0 spiro atoms. The fourth-order valence-electron chi connectivity index (χ4n) is 2.99. The minimum atomic E-state index is -3.33. The van der Waals surface area contributed by atoms with Crippen LogP contribution in [0.5, 0.6) is 5.75 Å². The second-order valence-corrected chi connectivity index (χ2v) is 8.44. The van der Waals surface area contributed by atoms with Crippen molar-refractivity contribution in [3.8, 4) is 5.75 Å². The van der Waals surface area contributed by atoms with Crippen molar-refractivity contribution < 1.29 is 13.2 Å². The summed E-state index contributed by atoms with van der Waals surface area (Å²) in [4.78, 5) is 6.96. The first-order chi connectivity index (χ1) is 11.9. The standard InChI is InChI=1S/C17H24N4O3S/c1-19(2)25(22,23)21-11-9-20(10-12-21)13-15-8-7-14-5-4-6-16(24-3)17(14)18-15/h4-8H,9-13H2,1-3H3. The number of fused-ring (bicyclic) bond motifs is 1. The number of methoxy groups -OCH3 is 1. The Hall–Kier alpha value is -1.74. The maximum Gasteiger partial charge on any atom is 0.281 e. The number of piperazine rings is 1. The lowest BCUT2D eigenvalue weighted by Gasteiger charge is -2.34. The summed E-state index contributed by atoms with van der Waals surface area (Å²) in [6.45, 7) is 3.08. The van der Waals surface area contributed by atoms with Gasteiger partial charge < -0.3 is 4.74 Å². The van der Waals surface area contributed by atoms with Crippen LogP contribution in [0.1, 0.15) is 5.69 Å². The highest BCUT2D eigenvalue weighted by atomic mass is 32.2. The third-order valence-electron chi connectivity index (χ3n) is 4.47. The van der Waals surface area contributed by atoms with E-state index in [4.69, 9.17) is 9.72 Å². The quantitative estimate of drug-likeness (QED) is 0.797. The molecule has 0 atom stereocenters. The van der Waals surface area contributed by atoms with Crippen LogP contribution in [0.4, 0.5) is 0 Å². The van der Waals surface area contributed by atoms with E-state index in [1.165, 1.54) is 8.61 Å². The van der Waals surface area contributed by atoms with Crippen LogP contribution in [0.2, 0.25) is 0 Å². The molecule has 0 amide bonds. The van der Waals surface area contributed by atoms with Gasteiger partial charge in [0.15, 0.2) is 0 Å². The summed E-state index contributed by atoms with van der Waals surface area (Å²) >= 11 is 0. The summed E-state index contributed by atoms with van der Waals surface area (Å²) in [5.41, 5.74) is 1.82. The van der Waals surface area contributed by atoms with E-state index in [-0.39, 0.29) is 0 Å². The summed E-state index contributed by atoms with van der Waals surface area (Å²) in [5, 5.41) is 1.05. The zero-order valence-corrected chi connectivity index (χ0v) is 15.7. The Morgan fingerprint density at radius 3 is 2.48 bits per heavy atom. The lowest BCUT2D eigenvalue weighted by Crippen LogP contribution is -2.51. The Balaban J connectivity index is 1.69. The zero-order valence-electron chi connectivity index (χ0n) is 14.8. The minimum absolute atomic E-state index is 0.497. The normalized spacial score (nSPS) is 17.3. The number of rotatable bonds is 5. The largest absolute Gasteiger partial charge is 0.494 e. The summed E-state index contributed by atoms with van der Waals surface area (Å²) in [7, 11) is 1.45. The molecule has 8 heteroatoms. The van der Waals surface area contributed by atoms with Gasteiger partial charge in [-0.25, -0.2) is 4.98 Å². The first-order valence-electron chi connectivity index (χ1n) is 8.24. The van der Waals surface area contributed by atoms with Crippen molar-refractivity contribution in [3.05, 3.63) is 36.0 Å². The van der Waals surface area contributed by atoms with Crippen LogP contribution in [-0.4, -0.2) is 74.3 Å². The molecule has 1 aliphatic heterocycles. The molecular weight excluding hydrogens is 340 g/mol. The predicted octanol–water partition coefficient (Wildman–Crippen LogP) is 1.17. The molecular formula is C17H24N4O3S. The van der Waals surface area contributed by atoms with Gasteiger partial charge in [-0.2, -0.15) is 17.0 Å². The van der Waals surface area contributed by atoms with Crippen molar-refractivity contribution in [2.24, 2.45) is 0 Å². The number of hydrogen-bond acceptors (Lipinski definition) is 5. The number of nitrogens with zero attached hydrogens (tertiary/aromatic N) is 4. The summed E-state index contributed by atoms with van der Waals surface area (Å²) in [6.07, 6.45) is 0. The number of aromatic nitrogens is 1. The van der Waals surface area contributed by atoms with E-state index in [0.29, 0.717) is 32.7 Å². The van der Waals surface area contributed by atoms with Gasteiger partial charge in [0, 0.05) is 52.2 Å². The van der Waals surface area contributed by atoms with Crippen LogP contribution in [0.25, 0.3) is 10.9 Å². The van der Waals surface area contributed by atoms with E-state index in [1.807, 2.05) is 30.3 Å². The third kappa shape index (κ3) is 3.77. The molecule has 7 nitrogen and oxygen atoms in total. The number of benzene rings is 1. The Morgan fingerprint density at radius 2 is 1.84 bits per heavy atom. The Bertz CT molecular complexity index is 846. The Morgan fingerprint density at radius 1 is 1.12 bits per heavy atom. The number of para-hydroxylation sites is 1. The minimum Gasteiger partial charge on any atom is -0.494 e. The maximum atomic E-state index is 12.2. The smallest absolute Gasteiger partial charge is 0.281 e. The first kappa shape index (κ1) is 18.1. The average Bonchev–Trinajstić information content (AvgIpc) is 2.61. The highest BCUT2D eigenvalue weighted by Gasteiger charge is 2.28. The van der Waals surface area contributed by atoms with Crippen LogP contribution in [0, 0.1) is 0 Å². The SMILES string of the molecule is COc1cccc2ccc(CN3CCN(S(=O)(=O)N(C)C)CC3)nc12. The highest BCUT2D eigenvalue weighted by Crippen LogP contribution is 2.24. The van der Waals surface area contributed by atoms with Gasteiger partial charge in [0.1, 0.15) is 11.3 Å². The molecule has 0 bridgehead atoms. The molecule has 1 aliphatic rings. The molecule has 1 fully saturated rings. The van der Waals surface area contributed by atoms with E-state index in [9.17, 15) is 8.42 Å². The van der Waals surface area contributed by atoms with Gasteiger partial charge in [0.25, 0.3) is 10.2 Å². The van der Waals surface area contributed by atoms with Gasteiger partial charge in [0.05, 0.1) is 12.8 Å². The van der Waals surface area contributed by atoms with E-state index >= 15 is 0 Å². The second kappa shape index (κ2) is 7.25. The van der Waals surface area contributed by atoms with Crippen LogP contribution < -0.4 is 4.74 Å². The molecule has 0 unspecified atom stereocenters. The molecule has 2 heterocycles. The van der Waals surface area contributed by atoms with Crippen molar-refractivity contribution in [2.75, 3.05) is 47.4 Å². The molecule has 0 saturated carbocycles. The van der Waals surface area contributed by atoms with Crippen molar-refractivity contribution in [1.82, 2.24) is 18.5 Å². The predicted molar refractivity (Wildman–Crippen MR) is 97.8 cm³/mol. The second-order valence-electron chi connectivity index (χ2n) is 6.30. The Kier molecular flexibility index (Phi) is 5.24. The van der Waals surface area contributed by atoms with Crippen LogP contribution >= 0.6 is 0 Å². The zero-order chi connectivity index (χ0) is 18.0. The molecule has 25 heavy (non-hydrogen) atoms. The average molecular weight is 364 g/mol. The van der Waals surface area contributed by atoms with Crippen LogP contribution in [0.15, 0.2) is 30.3 Å². The lowest BCUT2D eigenvalue weighted by molar-refractivity contribution is 0.176. The van der Waals surface area contributed by atoms with Crippen molar-refractivity contribution in [1.29, 1.82) is 0 Å². The lowest BCUT2D eigenvalue weighted by atomic mass is 10.2. The van der Waals surface area contributed by atoms with Gasteiger partial charge >= 0.3 is 0 Å². The summed E-state index contributed by atoms with van der Waals surface area (Å²) in [6, 6.07) is 9.94. The van der Waals surface area contributed by atoms with Crippen LogP contribution in [-0.2, 0) is 16.8 Å². The van der Waals surface area contributed by atoms with Crippen molar-refractivity contribution in [2.45, 2.75) is 6.54 Å². The fourth-order valence-corrected chi connectivity index (χ4v) is 4.08. The first-order valence-corrected chi connectivity index (χ1v) is 9.64. The monoisotopic (exact) mass is 364 g/mol. The van der Waals surface area contributed by atoms with Gasteiger partial charge in [0.2, 0.25) is 0 Å². The van der Waals surface area contributed by atoms with E-state index in [0.717, 1.165) is 22.3 Å². The molecule has 0 radical (unpaired) electrons. The summed E-state index contributed by atoms with van der Waals surface area (Å²) < 4.78 is 32.5. The van der Waals surface area contributed by atoms with Gasteiger partial charge in [-0.05, 0) is 12.1 Å². The molecule has 0 aliphatic carbocycles. The molecule has 3 rings (SSSR count). The third-order valence-corrected chi connectivity index (χ3v) is 6.41. The van der Waals surface area contributed by atoms with Gasteiger partial charge in [-0.15, -0.1) is 0 Å². The molecule has 0 N–H and O–H groups in total. The molecule has 1 saturated heterocycles. The maximum absolute atomic E-state index is 12.2. The van der Waals surface area contributed by atoms with Crippen molar-refractivity contribution >= 4 is 21.1 Å². The number of ether oxygens (including phenoxy) is 1. The number of hydrogen-bond donors (Lipinski definition) is 0. The van der Waals surface area contributed by atoms with E-state index in [2.05, 4.69) is 4.90 Å². The topological polar surface area (TPSA) is 66.0 Å². The Labute approximate surface area is 149 Å². The molecule has 2 aromatic rings. The molecule has 1 aromatic carbocycles. The highest BCUT2D eigenvalue weighted by molar-refractivity contribution is 7.86. The van der Waals surface area contributed by atoms with Gasteiger partial charge in [-0.1, -0.05) is 18.2 Å². The molecule has 136 valence electrons. The number of pyridine rings is 1. The van der Waals surface area contributed by atoms with E-state index in [1.54, 1.807) is 21.2 Å².